The fourth-order valence-electron chi connectivity index (χ4n) is 3.87. The van der Waals surface area contributed by atoms with Crippen LogP contribution in [-0.4, -0.2) is 43.6 Å². The molecule has 0 bridgehead atoms. The van der Waals surface area contributed by atoms with Gasteiger partial charge in [0.2, 0.25) is 5.91 Å². The normalized spacial score (nSPS) is 21.1. The summed E-state index contributed by atoms with van der Waals surface area (Å²) >= 11 is 0. The van der Waals surface area contributed by atoms with Crippen molar-refractivity contribution in [1.29, 1.82) is 0 Å². The van der Waals surface area contributed by atoms with Crippen LogP contribution >= 0.6 is 0 Å². The molecule has 1 fully saturated rings. The predicted octanol–water partition coefficient (Wildman–Crippen LogP) is 2.83. The van der Waals surface area contributed by atoms with Gasteiger partial charge in [-0.15, -0.1) is 0 Å². The van der Waals surface area contributed by atoms with Crippen LogP contribution in [0, 0.1) is 5.92 Å². The Balaban J connectivity index is 1.81. The monoisotopic (exact) mass is 404 g/mol. The first-order valence-electron chi connectivity index (χ1n) is 10.3. The van der Waals surface area contributed by atoms with Crippen molar-refractivity contribution in [2.75, 3.05) is 20.3 Å². The molecule has 0 heterocycles. The van der Waals surface area contributed by atoms with Crippen LogP contribution in [0.2, 0.25) is 0 Å². The molecule has 2 rings (SSSR count). The Morgan fingerprint density at radius 3 is 2.69 bits per heavy atom. The predicted molar refractivity (Wildman–Crippen MR) is 110 cm³/mol. The van der Waals surface area contributed by atoms with E-state index < -0.39 is 5.54 Å². The molecule has 2 atom stereocenters. The van der Waals surface area contributed by atoms with Crippen LogP contribution in [0.1, 0.15) is 62.7 Å². The lowest BCUT2D eigenvalue weighted by Crippen LogP contribution is -2.55. The molecule has 1 aliphatic carbocycles. The lowest BCUT2D eigenvalue weighted by molar-refractivity contribution is -0.150. The summed E-state index contributed by atoms with van der Waals surface area (Å²) in [6.07, 6.45) is 4.19. The van der Waals surface area contributed by atoms with Gasteiger partial charge in [0.25, 0.3) is 5.91 Å². The summed E-state index contributed by atoms with van der Waals surface area (Å²) in [5, 5.41) is 5.86. The number of ether oxygens (including phenoxy) is 2. The zero-order valence-corrected chi connectivity index (χ0v) is 17.6. The van der Waals surface area contributed by atoms with E-state index in [-0.39, 0.29) is 30.1 Å². The third kappa shape index (κ3) is 6.21. The first-order valence-corrected chi connectivity index (χ1v) is 10.3. The maximum Gasteiger partial charge on any atom is 0.311 e. The second-order valence-electron chi connectivity index (χ2n) is 7.58. The maximum absolute atomic E-state index is 12.4. The molecule has 7 heteroatoms. The Bertz CT molecular complexity index is 721. The van der Waals surface area contributed by atoms with E-state index in [0.717, 1.165) is 25.7 Å². The van der Waals surface area contributed by atoms with Gasteiger partial charge >= 0.3 is 5.97 Å². The number of esters is 1. The number of methoxy groups -OCH3 is 1. The number of nitrogens with one attached hydrogen (secondary N) is 2. The van der Waals surface area contributed by atoms with Crippen molar-refractivity contribution in [1.82, 2.24) is 10.6 Å². The molecular weight excluding hydrogens is 372 g/mol. The molecule has 0 aromatic heterocycles. The Hall–Kier alpha value is -2.57. The molecule has 7 nitrogen and oxygen atoms in total. The molecule has 2 N–H and O–H groups in total. The molecule has 1 aromatic rings. The van der Waals surface area contributed by atoms with E-state index in [2.05, 4.69) is 10.6 Å². The Morgan fingerprint density at radius 1 is 1.21 bits per heavy atom. The smallest absolute Gasteiger partial charge is 0.311 e. The maximum atomic E-state index is 12.4. The molecular formula is C22H32N2O5. The number of para-hydroxylation sites is 1. The van der Waals surface area contributed by atoms with E-state index in [1.165, 1.54) is 7.11 Å². The molecule has 2 unspecified atom stereocenters. The SMILES string of the molecule is CCOc1ccccc1C(=O)NCCCC(=O)NC1(C)CCCCC1C(=O)OC. The number of carbonyl (C=O) groups is 3. The average Bonchev–Trinajstić information content (AvgIpc) is 2.71. The average molecular weight is 405 g/mol. The molecule has 2 amide bonds. The first-order chi connectivity index (χ1) is 13.9. The van der Waals surface area contributed by atoms with Crippen molar-refractivity contribution in [3.05, 3.63) is 29.8 Å². The van der Waals surface area contributed by atoms with Gasteiger partial charge < -0.3 is 20.1 Å². The molecule has 0 radical (unpaired) electrons. The number of hydrogen-bond acceptors (Lipinski definition) is 5. The van der Waals surface area contributed by atoms with Crippen LogP contribution < -0.4 is 15.4 Å². The van der Waals surface area contributed by atoms with E-state index in [4.69, 9.17) is 9.47 Å². The highest BCUT2D eigenvalue weighted by atomic mass is 16.5. The summed E-state index contributed by atoms with van der Waals surface area (Å²) in [6, 6.07) is 7.07. The summed E-state index contributed by atoms with van der Waals surface area (Å²) in [4.78, 5) is 36.9. The van der Waals surface area contributed by atoms with Crippen molar-refractivity contribution in [2.45, 2.75) is 57.9 Å². The fraction of sp³-hybridized carbons (Fsp3) is 0.591. The third-order valence-corrected chi connectivity index (χ3v) is 5.42. The Labute approximate surface area is 172 Å². The number of amides is 2. The lowest BCUT2D eigenvalue weighted by atomic mass is 9.73. The van der Waals surface area contributed by atoms with Gasteiger partial charge in [-0.2, -0.15) is 0 Å². The molecule has 1 aromatic carbocycles. The number of rotatable bonds is 9. The second kappa shape index (κ2) is 10.8. The van der Waals surface area contributed by atoms with E-state index in [1.807, 2.05) is 19.9 Å². The van der Waals surface area contributed by atoms with Gasteiger partial charge in [-0.25, -0.2) is 0 Å². The van der Waals surface area contributed by atoms with Gasteiger partial charge in [-0.05, 0) is 45.2 Å². The number of benzene rings is 1. The summed E-state index contributed by atoms with van der Waals surface area (Å²) in [5.41, 5.74) is -0.100. The Kier molecular flexibility index (Phi) is 8.49. The first kappa shape index (κ1) is 22.7. The largest absolute Gasteiger partial charge is 0.493 e. The highest BCUT2D eigenvalue weighted by Crippen LogP contribution is 2.34. The van der Waals surface area contributed by atoms with E-state index >= 15 is 0 Å². The minimum Gasteiger partial charge on any atom is -0.493 e. The summed E-state index contributed by atoms with van der Waals surface area (Å²) < 4.78 is 10.4. The van der Waals surface area contributed by atoms with Crippen LogP contribution in [0.15, 0.2) is 24.3 Å². The standard InChI is InChI=1S/C22H32N2O5/c1-4-29-18-12-6-5-10-16(18)20(26)23-15-9-13-19(25)24-22(2)14-8-7-11-17(22)21(27)28-3/h5-6,10,12,17H,4,7-9,11,13-15H2,1-3H3,(H,23,26)(H,24,25). The molecule has 0 spiro atoms. The zero-order valence-electron chi connectivity index (χ0n) is 17.6. The quantitative estimate of drug-likeness (QED) is 0.488. The van der Waals surface area contributed by atoms with Gasteiger partial charge in [0.15, 0.2) is 0 Å². The highest BCUT2D eigenvalue weighted by molar-refractivity contribution is 5.96. The van der Waals surface area contributed by atoms with E-state index in [9.17, 15) is 14.4 Å². The number of carbonyl (C=O) groups excluding carboxylic acids is 3. The second-order valence-corrected chi connectivity index (χ2v) is 7.58. The minimum atomic E-state index is -0.581. The minimum absolute atomic E-state index is 0.118. The van der Waals surface area contributed by atoms with Crippen LogP contribution in [0.5, 0.6) is 5.75 Å². The van der Waals surface area contributed by atoms with Crippen LogP contribution in [-0.2, 0) is 14.3 Å². The van der Waals surface area contributed by atoms with Crippen molar-refractivity contribution >= 4 is 17.8 Å². The molecule has 1 saturated carbocycles. The van der Waals surface area contributed by atoms with Gasteiger partial charge in [0, 0.05) is 13.0 Å². The van der Waals surface area contributed by atoms with Crippen LogP contribution in [0.25, 0.3) is 0 Å². The van der Waals surface area contributed by atoms with Gasteiger partial charge in [0.05, 0.1) is 30.7 Å². The molecule has 1 aliphatic rings. The summed E-state index contributed by atoms with van der Waals surface area (Å²) in [5.74, 6) is -0.385. The van der Waals surface area contributed by atoms with Crippen LogP contribution in [0.3, 0.4) is 0 Å². The molecule has 0 aliphatic heterocycles. The van der Waals surface area contributed by atoms with Crippen molar-refractivity contribution in [2.24, 2.45) is 5.92 Å². The topological polar surface area (TPSA) is 93.7 Å². The zero-order chi connectivity index (χ0) is 21.3. The van der Waals surface area contributed by atoms with Crippen molar-refractivity contribution < 1.29 is 23.9 Å². The number of hydrogen-bond donors (Lipinski definition) is 2. The van der Waals surface area contributed by atoms with Crippen LogP contribution in [0.4, 0.5) is 0 Å². The molecule has 160 valence electrons. The van der Waals surface area contributed by atoms with Crippen molar-refractivity contribution in [3.8, 4) is 5.75 Å². The van der Waals surface area contributed by atoms with E-state index in [0.29, 0.717) is 30.9 Å². The van der Waals surface area contributed by atoms with Crippen molar-refractivity contribution in [3.63, 3.8) is 0 Å². The Morgan fingerprint density at radius 2 is 1.97 bits per heavy atom. The summed E-state index contributed by atoms with van der Waals surface area (Å²) in [6.45, 7) is 4.64. The van der Waals surface area contributed by atoms with Gasteiger partial charge in [0.1, 0.15) is 5.75 Å². The highest BCUT2D eigenvalue weighted by Gasteiger charge is 2.42. The molecule has 0 saturated heterocycles. The fourth-order valence-corrected chi connectivity index (χ4v) is 3.87. The molecule has 29 heavy (non-hydrogen) atoms. The van der Waals surface area contributed by atoms with Gasteiger partial charge in [-0.3, -0.25) is 14.4 Å². The third-order valence-electron chi connectivity index (χ3n) is 5.42. The van der Waals surface area contributed by atoms with E-state index in [1.54, 1.807) is 18.2 Å². The summed E-state index contributed by atoms with van der Waals surface area (Å²) in [7, 11) is 1.38. The lowest BCUT2D eigenvalue weighted by Gasteiger charge is -2.40. The van der Waals surface area contributed by atoms with Gasteiger partial charge in [-0.1, -0.05) is 25.0 Å².